The molecule has 0 radical (unpaired) electrons. The molecule has 5 rings (SSSR count). The van der Waals surface area contributed by atoms with E-state index in [1.54, 1.807) is 12.3 Å². The molecule has 1 fully saturated rings. The molecule has 1 aliphatic heterocycles. The van der Waals surface area contributed by atoms with Gasteiger partial charge in [-0.05, 0) is 49.1 Å². The van der Waals surface area contributed by atoms with Crippen LogP contribution in [0.4, 0.5) is 5.69 Å². The van der Waals surface area contributed by atoms with Gasteiger partial charge in [0.1, 0.15) is 5.82 Å². The Bertz CT molecular complexity index is 1380. The number of nitrogens with one attached hydrogen (secondary N) is 1. The minimum atomic E-state index is -0.0995. The Kier molecular flexibility index (Phi) is 6.80. The van der Waals surface area contributed by atoms with E-state index in [0.29, 0.717) is 36.2 Å². The van der Waals surface area contributed by atoms with Crippen molar-refractivity contribution in [3.05, 3.63) is 89.5 Å². The van der Waals surface area contributed by atoms with Crippen LogP contribution in [-0.2, 0) is 18.3 Å². The number of carbonyl (C=O) groups is 2. The van der Waals surface area contributed by atoms with Gasteiger partial charge in [-0.25, -0.2) is 4.98 Å². The SMILES string of the molecule is CCC(=O)Nc1cc(C(=O)N2CCCCC2c2ccccn2)c2c(c1)nc(Cc1ccccc1)n2C. The van der Waals surface area contributed by atoms with Crippen molar-refractivity contribution < 1.29 is 9.59 Å². The summed E-state index contributed by atoms with van der Waals surface area (Å²) in [5, 5.41) is 2.93. The predicted molar refractivity (Wildman–Crippen MR) is 141 cm³/mol. The van der Waals surface area contributed by atoms with Crippen LogP contribution in [0.5, 0.6) is 0 Å². The summed E-state index contributed by atoms with van der Waals surface area (Å²) in [6.07, 6.45) is 5.67. The Hall–Kier alpha value is -4.00. The summed E-state index contributed by atoms with van der Waals surface area (Å²) in [6, 6.07) is 19.6. The van der Waals surface area contributed by atoms with Crippen molar-refractivity contribution >= 4 is 28.5 Å². The lowest BCUT2D eigenvalue weighted by Crippen LogP contribution is -2.39. The average Bonchev–Trinajstić information content (AvgIpc) is 3.23. The van der Waals surface area contributed by atoms with E-state index in [1.165, 1.54) is 0 Å². The number of hydrogen-bond donors (Lipinski definition) is 1. The smallest absolute Gasteiger partial charge is 0.256 e. The molecule has 2 aromatic heterocycles. The number of carbonyl (C=O) groups excluding carboxylic acids is 2. The number of rotatable bonds is 6. The molecule has 0 saturated carbocycles. The average molecular weight is 482 g/mol. The van der Waals surface area contributed by atoms with Crippen molar-refractivity contribution in [3.8, 4) is 0 Å². The maximum Gasteiger partial charge on any atom is 0.256 e. The summed E-state index contributed by atoms with van der Waals surface area (Å²) >= 11 is 0. The molecule has 0 spiro atoms. The van der Waals surface area contributed by atoms with Crippen LogP contribution < -0.4 is 5.32 Å². The summed E-state index contributed by atoms with van der Waals surface area (Å²) in [6.45, 7) is 2.48. The molecule has 1 atom stereocenters. The molecule has 7 heteroatoms. The Balaban J connectivity index is 1.60. The zero-order chi connectivity index (χ0) is 25.1. The third-order valence-corrected chi connectivity index (χ3v) is 6.90. The van der Waals surface area contributed by atoms with Gasteiger partial charge in [0.05, 0.1) is 28.3 Å². The molecule has 1 N–H and O–H groups in total. The standard InChI is InChI=1S/C29H31N5O2/c1-3-27(35)31-21-18-22(29(36)34-16-10-8-14-25(34)23-13-7-9-15-30-23)28-24(19-21)32-26(33(28)2)17-20-11-5-4-6-12-20/h4-7,9,11-13,15,18-19,25H,3,8,10,14,16-17H2,1-2H3,(H,31,35). The fraction of sp³-hybridized carbons (Fsp3) is 0.310. The molecule has 3 heterocycles. The first-order valence-corrected chi connectivity index (χ1v) is 12.6. The van der Waals surface area contributed by atoms with Gasteiger partial charge in [-0.1, -0.05) is 43.3 Å². The second-order valence-electron chi connectivity index (χ2n) is 9.31. The highest BCUT2D eigenvalue weighted by molar-refractivity contribution is 6.08. The van der Waals surface area contributed by atoms with Crippen molar-refractivity contribution in [2.75, 3.05) is 11.9 Å². The number of anilines is 1. The van der Waals surface area contributed by atoms with Gasteiger partial charge in [0.25, 0.3) is 5.91 Å². The second-order valence-corrected chi connectivity index (χ2v) is 9.31. The van der Waals surface area contributed by atoms with Gasteiger partial charge in [-0.3, -0.25) is 14.6 Å². The van der Waals surface area contributed by atoms with Gasteiger partial charge >= 0.3 is 0 Å². The fourth-order valence-electron chi connectivity index (χ4n) is 5.03. The van der Waals surface area contributed by atoms with Crippen LogP contribution in [0.15, 0.2) is 66.9 Å². The molecule has 1 unspecified atom stereocenters. The number of piperidine rings is 1. The largest absolute Gasteiger partial charge is 0.330 e. The third kappa shape index (κ3) is 4.73. The number of likely N-dealkylation sites (tertiary alicyclic amines) is 1. The van der Waals surface area contributed by atoms with Crippen molar-refractivity contribution in [2.45, 2.75) is 45.1 Å². The van der Waals surface area contributed by atoms with Gasteiger partial charge < -0.3 is 14.8 Å². The van der Waals surface area contributed by atoms with Gasteiger partial charge in [0.2, 0.25) is 5.91 Å². The number of amides is 2. The topological polar surface area (TPSA) is 80.1 Å². The summed E-state index contributed by atoms with van der Waals surface area (Å²) in [5.41, 5.74) is 4.68. The molecular weight excluding hydrogens is 450 g/mol. The number of hydrogen-bond acceptors (Lipinski definition) is 4. The number of nitrogens with zero attached hydrogens (tertiary/aromatic N) is 4. The summed E-state index contributed by atoms with van der Waals surface area (Å²) in [5.74, 6) is 0.707. The zero-order valence-corrected chi connectivity index (χ0v) is 20.8. The van der Waals surface area contributed by atoms with E-state index in [0.717, 1.165) is 41.9 Å². The lowest BCUT2D eigenvalue weighted by molar-refractivity contribution is -0.115. The molecule has 184 valence electrons. The van der Waals surface area contributed by atoms with Crippen molar-refractivity contribution in [1.29, 1.82) is 0 Å². The highest BCUT2D eigenvalue weighted by Gasteiger charge is 2.31. The first-order chi connectivity index (χ1) is 17.5. The molecule has 4 aromatic rings. The summed E-state index contributed by atoms with van der Waals surface area (Å²) in [7, 11) is 1.96. The molecule has 36 heavy (non-hydrogen) atoms. The van der Waals surface area contributed by atoms with Crippen molar-refractivity contribution in [1.82, 2.24) is 19.4 Å². The number of benzene rings is 2. The Morgan fingerprint density at radius 3 is 2.61 bits per heavy atom. The summed E-state index contributed by atoms with van der Waals surface area (Å²) < 4.78 is 2.01. The van der Waals surface area contributed by atoms with E-state index in [4.69, 9.17) is 4.98 Å². The van der Waals surface area contributed by atoms with Crippen LogP contribution in [0.1, 0.15) is 66.1 Å². The number of imidazole rings is 1. The van der Waals surface area contributed by atoms with E-state index in [2.05, 4.69) is 22.4 Å². The van der Waals surface area contributed by atoms with Gasteiger partial charge in [0.15, 0.2) is 0 Å². The molecule has 1 aliphatic rings. The normalized spacial score (nSPS) is 15.7. The van der Waals surface area contributed by atoms with E-state index in [-0.39, 0.29) is 17.9 Å². The minimum absolute atomic E-state index is 0.0581. The first kappa shape index (κ1) is 23.7. The van der Waals surface area contributed by atoms with Crippen LogP contribution in [0.3, 0.4) is 0 Å². The highest BCUT2D eigenvalue weighted by Crippen LogP contribution is 2.34. The van der Waals surface area contributed by atoms with Crippen LogP contribution in [-0.4, -0.2) is 37.8 Å². The van der Waals surface area contributed by atoms with E-state index < -0.39 is 0 Å². The zero-order valence-electron chi connectivity index (χ0n) is 20.8. The van der Waals surface area contributed by atoms with Crippen molar-refractivity contribution in [3.63, 3.8) is 0 Å². The Labute approximate surface area is 211 Å². The van der Waals surface area contributed by atoms with E-state index in [1.807, 2.05) is 65.9 Å². The van der Waals surface area contributed by atoms with Crippen LogP contribution >= 0.6 is 0 Å². The molecule has 1 saturated heterocycles. The Morgan fingerprint density at radius 2 is 1.86 bits per heavy atom. The Morgan fingerprint density at radius 1 is 1.06 bits per heavy atom. The molecule has 0 aliphatic carbocycles. The van der Waals surface area contributed by atoms with Crippen LogP contribution in [0.2, 0.25) is 0 Å². The molecule has 7 nitrogen and oxygen atoms in total. The first-order valence-electron chi connectivity index (χ1n) is 12.6. The molecule has 2 aromatic carbocycles. The van der Waals surface area contributed by atoms with Gasteiger partial charge in [-0.2, -0.15) is 0 Å². The number of pyridine rings is 1. The fourth-order valence-corrected chi connectivity index (χ4v) is 5.03. The second kappa shape index (κ2) is 10.3. The van der Waals surface area contributed by atoms with Crippen molar-refractivity contribution in [2.24, 2.45) is 7.05 Å². The predicted octanol–water partition coefficient (Wildman–Crippen LogP) is 5.28. The third-order valence-electron chi connectivity index (χ3n) is 6.90. The van der Waals surface area contributed by atoms with Gasteiger partial charge in [0, 0.05) is 38.3 Å². The van der Waals surface area contributed by atoms with E-state index in [9.17, 15) is 9.59 Å². The minimum Gasteiger partial charge on any atom is -0.330 e. The number of fused-ring (bicyclic) bond motifs is 1. The number of aryl methyl sites for hydroxylation is 1. The molecule has 0 bridgehead atoms. The lowest BCUT2D eigenvalue weighted by atomic mass is 9.97. The quantitative estimate of drug-likeness (QED) is 0.407. The number of aromatic nitrogens is 3. The van der Waals surface area contributed by atoms with Crippen LogP contribution in [0, 0.1) is 0 Å². The monoisotopic (exact) mass is 481 g/mol. The highest BCUT2D eigenvalue weighted by atomic mass is 16.2. The maximum absolute atomic E-state index is 14.2. The molecular formula is C29H31N5O2. The van der Waals surface area contributed by atoms with E-state index >= 15 is 0 Å². The van der Waals surface area contributed by atoms with Crippen LogP contribution in [0.25, 0.3) is 11.0 Å². The molecule has 2 amide bonds. The lowest BCUT2D eigenvalue weighted by Gasteiger charge is -2.35. The van der Waals surface area contributed by atoms with Gasteiger partial charge in [-0.15, -0.1) is 0 Å². The maximum atomic E-state index is 14.2. The summed E-state index contributed by atoms with van der Waals surface area (Å²) in [4.78, 5) is 37.8.